The molecule has 148 valence electrons. The third-order valence-electron chi connectivity index (χ3n) is 5.67. The van der Waals surface area contributed by atoms with Crippen LogP contribution >= 0.6 is 0 Å². The van der Waals surface area contributed by atoms with Crippen LogP contribution in [0.15, 0.2) is 42.5 Å². The number of nitrogens with zero attached hydrogens (tertiary/aromatic N) is 1. The van der Waals surface area contributed by atoms with Gasteiger partial charge in [-0.05, 0) is 70.4 Å². The largest absolute Gasteiger partial charge is 0.495 e. The van der Waals surface area contributed by atoms with E-state index in [1.165, 1.54) is 0 Å². The maximum absolute atomic E-state index is 12.7. The Kier molecular flexibility index (Phi) is 5.30. The lowest BCUT2D eigenvalue weighted by atomic mass is 9.76. The van der Waals surface area contributed by atoms with Crippen LogP contribution in [0.4, 0.5) is 11.4 Å². The molecule has 28 heavy (non-hydrogen) atoms. The molecule has 0 radical (unpaired) electrons. The molecule has 1 aliphatic heterocycles. The Morgan fingerprint density at radius 3 is 2.25 bits per heavy atom. The molecule has 1 aliphatic rings. The summed E-state index contributed by atoms with van der Waals surface area (Å²) in [5.41, 5.74) is 3.49. The highest BCUT2D eigenvalue weighted by molar-refractivity contribution is 6.62. The molecule has 0 aromatic heterocycles. The number of rotatable bonds is 4. The number of hydrogen-bond donors (Lipinski definition) is 1. The second-order valence-corrected chi connectivity index (χ2v) is 8.56. The van der Waals surface area contributed by atoms with E-state index in [0.717, 1.165) is 22.4 Å². The molecule has 5 nitrogen and oxygen atoms in total. The van der Waals surface area contributed by atoms with Gasteiger partial charge >= 0.3 is 7.12 Å². The summed E-state index contributed by atoms with van der Waals surface area (Å²) in [7, 11) is 3.45. The van der Waals surface area contributed by atoms with Gasteiger partial charge in [0.2, 0.25) is 0 Å². The van der Waals surface area contributed by atoms with E-state index in [2.05, 4.69) is 5.32 Å². The second kappa shape index (κ2) is 7.26. The number of anilines is 2. The number of carbonyl (C=O) groups is 1. The molecule has 0 unspecified atom stereocenters. The highest BCUT2D eigenvalue weighted by Crippen LogP contribution is 2.36. The van der Waals surface area contributed by atoms with Crippen LogP contribution in [-0.2, 0) is 9.31 Å². The Bertz CT molecular complexity index is 877. The average molecular weight is 380 g/mol. The third kappa shape index (κ3) is 3.93. The van der Waals surface area contributed by atoms with Gasteiger partial charge in [0.25, 0.3) is 5.91 Å². The number of hydrogen-bond acceptors (Lipinski definition) is 4. The van der Waals surface area contributed by atoms with Crippen LogP contribution in [0.2, 0.25) is 0 Å². The molecule has 0 bridgehead atoms. The van der Waals surface area contributed by atoms with Crippen molar-refractivity contribution in [3.05, 3.63) is 53.6 Å². The molecule has 0 atom stereocenters. The molecule has 1 heterocycles. The Labute approximate surface area is 168 Å². The van der Waals surface area contributed by atoms with E-state index in [1.807, 2.05) is 96.1 Å². The average Bonchev–Trinajstić information content (AvgIpc) is 2.84. The van der Waals surface area contributed by atoms with Crippen molar-refractivity contribution in [3.8, 4) is 0 Å². The van der Waals surface area contributed by atoms with Crippen molar-refractivity contribution >= 4 is 29.9 Å². The summed E-state index contributed by atoms with van der Waals surface area (Å²) >= 11 is 0. The second-order valence-electron chi connectivity index (χ2n) is 8.56. The Morgan fingerprint density at radius 2 is 1.64 bits per heavy atom. The van der Waals surface area contributed by atoms with Gasteiger partial charge in [0, 0.05) is 31.0 Å². The van der Waals surface area contributed by atoms with Crippen molar-refractivity contribution in [2.45, 2.75) is 45.8 Å². The fourth-order valence-electron chi connectivity index (χ4n) is 3.07. The van der Waals surface area contributed by atoms with Crippen LogP contribution < -0.4 is 15.7 Å². The van der Waals surface area contributed by atoms with Crippen LogP contribution in [0.5, 0.6) is 0 Å². The van der Waals surface area contributed by atoms with Gasteiger partial charge in [-0.15, -0.1) is 0 Å². The normalized spacial score (nSPS) is 17.5. The maximum atomic E-state index is 12.7. The molecular formula is C22H29BN2O3. The minimum atomic E-state index is -0.459. The number of amides is 1. The SMILES string of the molecule is Cc1ccc(NC(=O)c2cccc(N(C)C)c2)cc1B1OC(C)(C)C(C)(C)O1. The molecule has 1 fully saturated rings. The van der Waals surface area contributed by atoms with Gasteiger partial charge in [0.05, 0.1) is 11.2 Å². The summed E-state index contributed by atoms with van der Waals surface area (Å²) in [6, 6.07) is 13.4. The highest BCUT2D eigenvalue weighted by atomic mass is 16.7. The summed E-state index contributed by atoms with van der Waals surface area (Å²) in [4.78, 5) is 14.7. The highest BCUT2D eigenvalue weighted by Gasteiger charge is 2.52. The summed E-state index contributed by atoms with van der Waals surface area (Å²) in [6.45, 7) is 10.2. The van der Waals surface area contributed by atoms with Gasteiger partial charge in [-0.1, -0.05) is 17.7 Å². The topological polar surface area (TPSA) is 50.8 Å². The first-order valence-corrected chi connectivity index (χ1v) is 9.55. The van der Waals surface area contributed by atoms with E-state index in [-0.39, 0.29) is 5.91 Å². The fraction of sp³-hybridized carbons (Fsp3) is 0.409. The monoisotopic (exact) mass is 380 g/mol. The standard InChI is InChI=1S/C22H29BN2O3/c1-15-11-12-17(14-19(15)23-27-21(2,3)22(4,5)28-23)24-20(26)16-9-8-10-18(13-16)25(6)7/h8-14H,1-7H3,(H,24,26). The predicted octanol–water partition coefficient (Wildman–Crippen LogP) is 3.61. The maximum Gasteiger partial charge on any atom is 0.495 e. The lowest BCUT2D eigenvalue weighted by molar-refractivity contribution is 0.00578. The van der Waals surface area contributed by atoms with Gasteiger partial charge in [-0.2, -0.15) is 0 Å². The molecule has 1 N–H and O–H groups in total. The predicted molar refractivity (Wildman–Crippen MR) is 116 cm³/mol. The molecule has 1 saturated heterocycles. The van der Waals surface area contributed by atoms with Crippen molar-refractivity contribution < 1.29 is 14.1 Å². The van der Waals surface area contributed by atoms with Gasteiger partial charge in [-0.25, -0.2) is 0 Å². The molecule has 2 aromatic rings. The third-order valence-corrected chi connectivity index (χ3v) is 5.67. The number of carbonyl (C=O) groups excluding carboxylic acids is 1. The van der Waals surface area contributed by atoms with Crippen molar-refractivity contribution in [3.63, 3.8) is 0 Å². The molecule has 0 aliphatic carbocycles. The van der Waals surface area contributed by atoms with Crippen LogP contribution in [-0.4, -0.2) is 38.3 Å². The Balaban J connectivity index is 1.82. The molecule has 1 amide bonds. The number of aryl methyl sites for hydroxylation is 1. The summed E-state index contributed by atoms with van der Waals surface area (Å²) in [5.74, 6) is -0.146. The van der Waals surface area contributed by atoms with E-state index in [9.17, 15) is 4.79 Å². The minimum Gasteiger partial charge on any atom is -0.399 e. The first kappa shape index (κ1) is 20.4. The smallest absolute Gasteiger partial charge is 0.399 e. The number of benzene rings is 2. The van der Waals surface area contributed by atoms with Crippen molar-refractivity contribution in [2.75, 3.05) is 24.3 Å². The van der Waals surface area contributed by atoms with Crippen LogP contribution in [0.1, 0.15) is 43.6 Å². The molecule has 6 heteroatoms. The van der Waals surface area contributed by atoms with Crippen LogP contribution in [0.25, 0.3) is 0 Å². The molecule has 3 rings (SSSR count). The van der Waals surface area contributed by atoms with Crippen LogP contribution in [0, 0.1) is 6.92 Å². The van der Waals surface area contributed by atoms with Gasteiger partial charge in [-0.3, -0.25) is 4.79 Å². The number of nitrogens with one attached hydrogen (secondary N) is 1. The zero-order valence-corrected chi connectivity index (χ0v) is 17.8. The summed E-state index contributed by atoms with van der Waals surface area (Å²) < 4.78 is 12.4. The molecule has 0 saturated carbocycles. The van der Waals surface area contributed by atoms with E-state index in [1.54, 1.807) is 0 Å². The van der Waals surface area contributed by atoms with E-state index < -0.39 is 18.3 Å². The first-order chi connectivity index (χ1) is 13.0. The van der Waals surface area contributed by atoms with Gasteiger partial charge < -0.3 is 19.5 Å². The molecule has 0 spiro atoms. The minimum absolute atomic E-state index is 0.146. The lowest BCUT2D eigenvalue weighted by Crippen LogP contribution is -2.41. The first-order valence-electron chi connectivity index (χ1n) is 9.55. The van der Waals surface area contributed by atoms with Crippen molar-refractivity contribution in [1.29, 1.82) is 0 Å². The molecule has 2 aromatic carbocycles. The van der Waals surface area contributed by atoms with Gasteiger partial charge in [0.15, 0.2) is 0 Å². The summed E-state index contributed by atoms with van der Waals surface area (Å²) in [5, 5.41) is 2.99. The van der Waals surface area contributed by atoms with Crippen molar-refractivity contribution in [2.24, 2.45) is 0 Å². The zero-order valence-electron chi connectivity index (χ0n) is 17.8. The molecular weight excluding hydrogens is 351 g/mol. The lowest BCUT2D eigenvalue weighted by Gasteiger charge is -2.32. The summed E-state index contributed by atoms with van der Waals surface area (Å²) in [6.07, 6.45) is 0. The van der Waals surface area contributed by atoms with Crippen LogP contribution in [0.3, 0.4) is 0 Å². The Hall–Kier alpha value is -2.31. The van der Waals surface area contributed by atoms with E-state index >= 15 is 0 Å². The quantitative estimate of drug-likeness (QED) is 0.824. The van der Waals surface area contributed by atoms with Gasteiger partial charge in [0.1, 0.15) is 0 Å². The van der Waals surface area contributed by atoms with E-state index in [0.29, 0.717) is 5.56 Å². The Morgan fingerprint density at radius 1 is 1.00 bits per heavy atom. The zero-order chi connectivity index (χ0) is 20.7. The van der Waals surface area contributed by atoms with Crippen molar-refractivity contribution in [1.82, 2.24) is 0 Å². The van der Waals surface area contributed by atoms with E-state index in [4.69, 9.17) is 9.31 Å². The fourth-order valence-corrected chi connectivity index (χ4v) is 3.07.